The van der Waals surface area contributed by atoms with Gasteiger partial charge in [-0.3, -0.25) is 9.59 Å². The Hall–Kier alpha value is -2.02. The molecule has 0 bridgehead atoms. The third-order valence-electron chi connectivity index (χ3n) is 4.17. The molecule has 7 heteroatoms. The van der Waals surface area contributed by atoms with E-state index in [4.69, 9.17) is 19.7 Å². The zero-order valence-corrected chi connectivity index (χ0v) is 17.1. The summed E-state index contributed by atoms with van der Waals surface area (Å²) < 4.78 is 11.4. The predicted molar refractivity (Wildman–Crippen MR) is 104 cm³/mol. The van der Waals surface area contributed by atoms with E-state index in [1.807, 2.05) is 26.0 Å². The molecule has 6 nitrogen and oxygen atoms in total. The van der Waals surface area contributed by atoms with Crippen LogP contribution >= 0.6 is 0 Å². The Kier molecular flexibility index (Phi) is 10.5. The van der Waals surface area contributed by atoms with Crippen LogP contribution in [-0.4, -0.2) is 44.9 Å². The fraction of sp³-hybridized carbons (Fsp3) is 0.579. The van der Waals surface area contributed by atoms with E-state index >= 15 is 0 Å². The Morgan fingerprint density at radius 3 is 2.42 bits per heavy atom. The van der Waals surface area contributed by atoms with Gasteiger partial charge in [-0.2, -0.15) is 0 Å². The van der Waals surface area contributed by atoms with Crippen LogP contribution in [0.1, 0.15) is 46.0 Å². The molecule has 0 aromatic heterocycles. The highest BCUT2D eigenvalue weighted by Crippen LogP contribution is 2.25. The van der Waals surface area contributed by atoms with Gasteiger partial charge in [0.1, 0.15) is 0 Å². The van der Waals surface area contributed by atoms with Gasteiger partial charge in [0.2, 0.25) is 0 Å². The second-order valence-electron chi connectivity index (χ2n) is 6.20. The highest BCUT2D eigenvalue weighted by atomic mass is 28.2. The Bertz CT molecular complexity index is 575. The second kappa shape index (κ2) is 12.3. The van der Waals surface area contributed by atoms with Crippen LogP contribution in [-0.2, 0) is 9.59 Å². The van der Waals surface area contributed by atoms with Crippen LogP contribution < -0.4 is 14.7 Å². The number of unbranched alkanes of at least 4 members (excludes halogenated alkanes) is 2. The average molecular weight is 383 g/mol. The highest BCUT2D eigenvalue weighted by molar-refractivity contribution is 6.54. The van der Waals surface area contributed by atoms with Crippen molar-refractivity contribution < 1.29 is 29.3 Å². The van der Waals surface area contributed by atoms with Gasteiger partial charge >= 0.3 is 11.9 Å². The van der Waals surface area contributed by atoms with E-state index in [1.165, 1.54) is 5.19 Å². The summed E-state index contributed by atoms with van der Waals surface area (Å²) in [5.74, 6) is -1.18. The summed E-state index contributed by atoms with van der Waals surface area (Å²) in [6.45, 7) is 5.12. The van der Waals surface area contributed by atoms with Gasteiger partial charge < -0.3 is 19.7 Å². The summed E-state index contributed by atoms with van der Waals surface area (Å²) in [5, 5.41) is 19.0. The molecule has 0 spiro atoms. The molecule has 1 rings (SSSR count). The van der Waals surface area contributed by atoms with E-state index in [9.17, 15) is 9.59 Å². The number of benzene rings is 1. The van der Waals surface area contributed by atoms with E-state index < -0.39 is 27.4 Å². The zero-order valence-electron chi connectivity index (χ0n) is 15.7. The second-order valence-corrected chi connectivity index (χ2v) is 8.17. The van der Waals surface area contributed by atoms with Crippen LogP contribution in [0.3, 0.4) is 0 Å². The third kappa shape index (κ3) is 7.90. The first-order valence-corrected chi connectivity index (χ1v) is 11.0. The Labute approximate surface area is 157 Å². The molecule has 1 aromatic rings. The van der Waals surface area contributed by atoms with Gasteiger partial charge in [0, 0.05) is 0 Å². The molecule has 146 valence electrons. The Morgan fingerprint density at radius 1 is 1.08 bits per heavy atom. The van der Waals surface area contributed by atoms with E-state index in [0.717, 1.165) is 36.8 Å². The number of hydrogen-bond donors (Lipinski definition) is 2. The van der Waals surface area contributed by atoms with E-state index in [1.54, 1.807) is 0 Å². The monoisotopic (exact) mass is 382 g/mol. The quantitative estimate of drug-likeness (QED) is 0.379. The van der Waals surface area contributed by atoms with Crippen LogP contribution in [0.4, 0.5) is 0 Å². The molecule has 0 saturated heterocycles. The number of aliphatic carboxylic acids is 2. The van der Waals surface area contributed by atoms with Crippen LogP contribution in [0.25, 0.3) is 0 Å². The number of ether oxygens (including phenoxy) is 2. The van der Waals surface area contributed by atoms with Crippen LogP contribution in [0.5, 0.6) is 11.5 Å². The van der Waals surface area contributed by atoms with Gasteiger partial charge in [-0.25, -0.2) is 0 Å². The van der Waals surface area contributed by atoms with E-state index in [-0.39, 0.29) is 6.42 Å². The van der Waals surface area contributed by atoms with Crippen LogP contribution in [0.15, 0.2) is 18.2 Å². The van der Waals surface area contributed by atoms with Crippen molar-refractivity contribution in [2.45, 2.75) is 52.0 Å². The van der Waals surface area contributed by atoms with Crippen molar-refractivity contribution in [3.63, 3.8) is 0 Å². The lowest BCUT2D eigenvalue weighted by atomic mass is 9.98. The molecule has 2 N–H and O–H groups in total. The van der Waals surface area contributed by atoms with E-state index in [2.05, 4.69) is 6.07 Å². The van der Waals surface area contributed by atoms with Gasteiger partial charge in [0.05, 0.1) is 35.1 Å². The molecule has 1 atom stereocenters. The molecular formula is C19H30O6Si. The summed E-state index contributed by atoms with van der Waals surface area (Å²) in [4.78, 5) is 21.7. The average Bonchev–Trinajstić information content (AvgIpc) is 2.59. The number of hydrogen-bond acceptors (Lipinski definition) is 4. The largest absolute Gasteiger partial charge is 0.490 e. The minimum atomic E-state index is -1.05. The van der Waals surface area contributed by atoms with Crippen molar-refractivity contribution in [3.8, 4) is 11.5 Å². The van der Waals surface area contributed by atoms with Crippen molar-refractivity contribution >= 4 is 26.6 Å². The molecule has 1 aromatic carbocycles. The number of carbonyl (C=O) groups is 2. The minimum Gasteiger partial charge on any atom is -0.490 e. The SMILES string of the molecule is CCOc1cccc([SiH2]CCCCCC(CC(=O)O)C(=O)O)c1OCC. The fourth-order valence-electron chi connectivity index (χ4n) is 2.92. The molecule has 0 aliphatic heterocycles. The molecule has 0 amide bonds. The van der Waals surface area contributed by atoms with Crippen molar-refractivity contribution in [3.05, 3.63) is 18.2 Å². The molecule has 0 radical (unpaired) electrons. The topological polar surface area (TPSA) is 93.1 Å². The van der Waals surface area contributed by atoms with Crippen molar-refractivity contribution in [1.82, 2.24) is 0 Å². The summed E-state index contributed by atoms with van der Waals surface area (Å²) >= 11 is 0. The maximum atomic E-state index is 11.0. The number of carboxylic acid groups (broad SMARTS) is 2. The smallest absolute Gasteiger partial charge is 0.307 e. The number of para-hydroxylation sites is 1. The normalized spacial score (nSPS) is 12.2. The summed E-state index contributed by atoms with van der Waals surface area (Å²) in [5.41, 5.74) is 0. The molecule has 0 heterocycles. The van der Waals surface area contributed by atoms with Crippen molar-refractivity contribution in [1.29, 1.82) is 0 Å². The summed E-state index contributed by atoms with van der Waals surface area (Å²) in [7, 11) is -0.496. The zero-order chi connectivity index (χ0) is 19.4. The van der Waals surface area contributed by atoms with Crippen LogP contribution in [0, 0.1) is 5.92 Å². The van der Waals surface area contributed by atoms with Gasteiger partial charge in [0.25, 0.3) is 0 Å². The Morgan fingerprint density at radius 2 is 1.81 bits per heavy atom. The number of carboxylic acids is 2. The maximum absolute atomic E-state index is 11.0. The predicted octanol–water partition coefficient (Wildman–Crippen LogP) is 2.43. The maximum Gasteiger partial charge on any atom is 0.307 e. The summed E-state index contributed by atoms with van der Waals surface area (Å²) in [6.07, 6.45) is 2.82. The summed E-state index contributed by atoms with van der Waals surface area (Å²) in [6, 6.07) is 7.14. The molecule has 0 saturated carbocycles. The van der Waals surface area contributed by atoms with Crippen molar-refractivity contribution in [2.24, 2.45) is 5.92 Å². The third-order valence-corrected chi connectivity index (χ3v) is 6.12. The highest BCUT2D eigenvalue weighted by Gasteiger charge is 2.20. The van der Waals surface area contributed by atoms with Gasteiger partial charge in [-0.05, 0) is 31.5 Å². The van der Waals surface area contributed by atoms with E-state index in [0.29, 0.717) is 19.6 Å². The van der Waals surface area contributed by atoms with Crippen LogP contribution in [0.2, 0.25) is 6.04 Å². The fourth-order valence-corrected chi connectivity index (χ4v) is 4.71. The standard InChI is InChI=1S/C19H30O6Si/c1-3-24-15-10-8-11-16(18(15)25-4-2)26-12-7-5-6-9-14(19(22)23)13-17(20)21/h8,10-11,14H,3-7,9,12-13,26H2,1-2H3,(H,20,21)(H,22,23). The first-order chi connectivity index (χ1) is 12.5. The molecule has 0 aliphatic carbocycles. The molecular weight excluding hydrogens is 352 g/mol. The first-order valence-electron chi connectivity index (χ1n) is 9.31. The Balaban J connectivity index is 2.42. The first kappa shape index (κ1) is 22.0. The lowest BCUT2D eigenvalue weighted by molar-refractivity contribution is -0.148. The van der Waals surface area contributed by atoms with Crippen molar-refractivity contribution in [2.75, 3.05) is 13.2 Å². The molecule has 0 fully saturated rings. The van der Waals surface area contributed by atoms with Gasteiger partial charge in [0.15, 0.2) is 11.5 Å². The lowest BCUT2D eigenvalue weighted by Gasteiger charge is -2.15. The van der Waals surface area contributed by atoms with Gasteiger partial charge in [-0.15, -0.1) is 0 Å². The van der Waals surface area contributed by atoms with Gasteiger partial charge in [-0.1, -0.05) is 37.4 Å². The molecule has 1 unspecified atom stereocenters. The lowest BCUT2D eigenvalue weighted by Crippen LogP contribution is -2.19. The molecule has 26 heavy (non-hydrogen) atoms. The number of rotatable bonds is 14. The minimum absolute atomic E-state index is 0.300. The molecule has 0 aliphatic rings.